The van der Waals surface area contributed by atoms with E-state index in [-0.39, 0.29) is 11.7 Å². The highest BCUT2D eigenvalue weighted by molar-refractivity contribution is 9.10. The van der Waals surface area contributed by atoms with Crippen LogP contribution in [0.15, 0.2) is 22.1 Å². The fourth-order valence-electron chi connectivity index (χ4n) is 2.07. The summed E-state index contributed by atoms with van der Waals surface area (Å²) >= 11 is 10.8. The first-order valence-corrected chi connectivity index (χ1v) is 8.10. The Morgan fingerprint density at radius 1 is 1.45 bits per heavy atom. The van der Waals surface area contributed by atoms with Crippen molar-refractivity contribution in [2.75, 3.05) is 0 Å². The van der Waals surface area contributed by atoms with Gasteiger partial charge in [0.2, 0.25) is 0 Å². The van der Waals surface area contributed by atoms with Crippen LogP contribution < -0.4 is 0 Å². The van der Waals surface area contributed by atoms with E-state index in [2.05, 4.69) is 25.9 Å². The maximum Gasteiger partial charge on any atom is 0.139 e. The number of hydrogen-bond acceptors (Lipinski definition) is 3. The molecule has 0 radical (unpaired) electrons. The largest absolute Gasteiger partial charge is 0.322 e. The zero-order valence-electron chi connectivity index (χ0n) is 10.5. The highest BCUT2D eigenvalue weighted by Gasteiger charge is 2.14. The van der Waals surface area contributed by atoms with Gasteiger partial charge < -0.3 is 4.57 Å². The first-order chi connectivity index (χ1) is 9.60. The summed E-state index contributed by atoms with van der Waals surface area (Å²) in [5, 5.41) is 0. The summed E-state index contributed by atoms with van der Waals surface area (Å²) in [6.07, 6.45) is 0. The van der Waals surface area contributed by atoms with Crippen molar-refractivity contribution in [2.45, 2.75) is 19.3 Å². The summed E-state index contributed by atoms with van der Waals surface area (Å²) in [6.45, 7) is 2.62. The first kappa shape index (κ1) is 14.0. The molecule has 0 aliphatic rings. The molecule has 20 heavy (non-hydrogen) atoms. The lowest BCUT2D eigenvalue weighted by molar-refractivity contribution is 0.622. The Balaban J connectivity index is 2.17. The van der Waals surface area contributed by atoms with Crippen molar-refractivity contribution in [2.24, 2.45) is 0 Å². The van der Waals surface area contributed by atoms with Gasteiger partial charge in [0.1, 0.15) is 11.6 Å². The van der Waals surface area contributed by atoms with Gasteiger partial charge in [0.05, 0.1) is 39.1 Å². The maximum atomic E-state index is 13.6. The summed E-state index contributed by atoms with van der Waals surface area (Å²) in [5.41, 5.74) is 4.29. The number of benzene rings is 1. The molecule has 2 heterocycles. The molecule has 7 heteroatoms. The number of thiazole rings is 1. The van der Waals surface area contributed by atoms with Gasteiger partial charge in [-0.15, -0.1) is 22.9 Å². The number of aryl methyl sites for hydroxylation is 1. The Morgan fingerprint density at radius 3 is 2.90 bits per heavy atom. The van der Waals surface area contributed by atoms with Gasteiger partial charge in [-0.25, -0.2) is 14.4 Å². The van der Waals surface area contributed by atoms with Crippen LogP contribution in [-0.4, -0.2) is 14.5 Å². The standard InChI is InChI=1S/C13H10BrClFN3S/c1-7-12(20-6-17-7)5-19-11-2-8(14)9(16)3-10(11)18-13(19)4-15/h2-3,6H,4-5H2,1H3. The molecule has 0 atom stereocenters. The Hall–Kier alpha value is -0.980. The quantitative estimate of drug-likeness (QED) is 0.632. The van der Waals surface area contributed by atoms with Crippen molar-refractivity contribution in [3.05, 3.63) is 44.3 Å². The maximum absolute atomic E-state index is 13.6. The number of imidazole rings is 1. The number of alkyl halides is 1. The minimum Gasteiger partial charge on any atom is -0.322 e. The molecule has 0 aliphatic carbocycles. The van der Waals surface area contributed by atoms with Crippen molar-refractivity contribution in [3.63, 3.8) is 0 Å². The van der Waals surface area contributed by atoms with Crippen LogP contribution in [0, 0.1) is 12.7 Å². The predicted molar refractivity (Wildman–Crippen MR) is 82.9 cm³/mol. The van der Waals surface area contributed by atoms with E-state index in [1.54, 1.807) is 17.4 Å². The molecular weight excluding hydrogens is 365 g/mol. The molecule has 0 aliphatic heterocycles. The predicted octanol–water partition coefficient (Wildman–Crippen LogP) is 4.49. The van der Waals surface area contributed by atoms with Gasteiger partial charge >= 0.3 is 0 Å². The SMILES string of the molecule is Cc1ncsc1Cn1c(CCl)nc2cc(F)c(Br)cc21. The molecule has 3 nitrogen and oxygen atoms in total. The molecular formula is C13H10BrClFN3S. The van der Waals surface area contributed by atoms with Crippen LogP contribution in [0.25, 0.3) is 11.0 Å². The van der Waals surface area contributed by atoms with Crippen LogP contribution >= 0.6 is 38.9 Å². The summed E-state index contributed by atoms with van der Waals surface area (Å²) < 4.78 is 16.0. The smallest absolute Gasteiger partial charge is 0.139 e. The molecule has 0 bridgehead atoms. The van der Waals surface area contributed by atoms with Crippen LogP contribution in [0.5, 0.6) is 0 Å². The Kier molecular flexibility index (Phi) is 3.79. The Bertz CT molecular complexity index is 783. The van der Waals surface area contributed by atoms with E-state index in [0.717, 1.165) is 21.9 Å². The molecule has 1 aromatic carbocycles. The topological polar surface area (TPSA) is 30.7 Å². The van der Waals surface area contributed by atoms with E-state index in [0.29, 0.717) is 16.5 Å². The summed E-state index contributed by atoms with van der Waals surface area (Å²) in [5.74, 6) is 0.690. The highest BCUT2D eigenvalue weighted by Crippen LogP contribution is 2.26. The molecule has 0 saturated heterocycles. The van der Waals surface area contributed by atoms with Crippen LogP contribution in [0.1, 0.15) is 16.4 Å². The number of hydrogen-bond donors (Lipinski definition) is 0. The van der Waals surface area contributed by atoms with Crippen molar-refractivity contribution >= 4 is 49.9 Å². The molecule has 0 spiro atoms. The van der Waals surface area contributed by atoms with Gasteiger partial charge in [-0.05, 0) is 28.9 Å². The van der Waals surface area contributed by atoms with Gasteiger partial charge in [0, 0.05) is 10.9 Å². The third-order valence-electron chi connectivity index (χ3n) is 3.14. The van der Waals surface area contributed by atoms with E-state index in [1.165, 1.54) is 6.07 Å². The minimum atomic E-state index is -0.322. The molecule has 0 N–H and O–H groups in total. The fraction of sp³-hybridized carbons (Fsp3) is 0.231. The van der Waals surface area contributed by atoms with Crippen molar-refractivity contribution < 1.29 is 4.39 Å². The second-order valence-corrected chi connectivity index (χ2v) is 6.42. The summed E-state index contributed by atoms with van der Waals surface area (Å²) in [7, 11) is 0. The Morgan fingerprint density at radius 2 is 2.25 bits per heavy atom. The molecule has 0 fully saturated rings. The molecule has 104 valence electrons. The minimum absolute atomic E-state index is 0.284. The lowest BCUT2D eigenvalue weighted by Crippen LogP contribution is -2.03. The zero-order valence-corrected chi connectivity index (χ0v) is 13.7. The fourth-order valence-corrected chi connectivity index (χ4v) is 3.37. The summed E-state index contributed by atoms with van der Waals surface area (Å²) in [4.78, 5) is 9.79. The number of aromatic nitrogens is 3. The van der Waals surface area contributed by atoms with Gasteiger partial charge in [-0.1, -0.05) is 0 Å². The molecule has 3 aromatic rings. The number of halogens is 3. The van der Waals surface area contributed by atoms with Crippen LogP contribution in [0.2, 0.25) is 0 Å². The van der Waals surface area contributed by atoms with Crippen molar-refractivity contribution in [1.82, 2.24) is 14.5 Å². The van der Waals surface area contributed by atoms with E-state index in [1.807, 2.05) is 17.0 Å². The second kappa shape index (κ2) is 5.42. The van der Waals surface area contributed by atoms with Gasteiger partial charge in [0.25, 0.3) is 0 Å². The van der Waals surface area contributed by atoms with Gasteiger partial charge in [-0.3, -0.25) is 0 Å². The molecule has 0 saturated carbocycles. The number of rotatable bonds is 3. The van der Waals surface area contributed by atoms with Crippen LogP contribution in [0.4, 0.5) is 4.39 Å². The third kappa shape index (κ3) is 2.36. The van der Waals surface area contributed by atoms with Gasteiger partial charge in [-0.2, -0.15) is 0 Å². The normalized spacial score (nSPS) is 11.4. The van der Waals surface area contributed by atoms with Gasteiger partial charge in [0.15, 0.2) is 0 Å². The van der Waals surface area contributed by atoms with Crippen molar-refractivity contribution in [3.8, 4) is 0 Å². The van der Waals surface area contributed by atoms with E-state index >= 15 is 0 Å². The molecule has 0 unspecified atom stereocenters. The highest BCUT2D eigenvalue weighted by atomic mass is 79.9. The van der Waals surface area contributed by atoms with Crippen molar-refractivity contribution in [1.29, 1.82) is 0 Å². The molecule has 0 amide bonds. The lowest BCUT2D eigenvalue weighted by atomic mass is 10.3. The van der Waals surface area contributed by atoms with Crippen LogP contribution in [0.3, 0.4) is 0 Å². The number of fused-ring (bicyclic) bond motifs is 1. The number of nitrogens with zero attached hydrogens (tertiary/aromatic N) is 3. The molecule has 2 aromatic heterocycles. The lowest BCUT2D eigenvalue weighted by Gasteiger charge is -2.07. The molecule has 3 rings (SSSR count). The van der Waals surface area contributed by atoms with E-state index in [9.17, 15) is 4.39 Å². The Labute approximate surface area is 132 Å². The average molecular weight is 375 g/mol. The van der Waals surface area contributed by atoms with E-state index in [4.69, 9.17) is 11.6 Å². The van der Waals surface area contributed by atoms with Crippen LogP contribution in [-0.2, 0) is 12.4 Å². The van der Waals surface area contributed by atoms with E-state index < -0.39 is 0 Å². The zero-order chi connectivity index (χ0) is 14.3. The average Bonchev–Trinajstić information content (AvgIpc) is 2.96. The monoisotopic (exact) mass is 373 g/mol. The first-order valence-electron chi connectivity index (χ1n) is 5.89. The second-order valence-electron chi connectivity index (χ2n) is 4.36. The third-order valence-corrected chi connectivity index (χ3v) is 4.90. The summed E-state index contributed by atoms with van der Waals surface area (Å²) in [6, 6.07) is 3.16.